The molecule has 0 aliphatic carbocycles. The number of ether oxygens (including phenoxy) is 1. The standard InChI is InChI=1S/C19H19F3N4O5S/c1-31-16-10-13(24-32(29)30)3-4-14(16)17(27)25-6-8-26(9-7-25)18(28)15-5-2-12(11-23-15)19(20,21)22/h2-5,10-11,24H,6-9H2,1H3,(H,29,30). The lowest BCUT2D eigenvalue weighted by Crippen LogP contribution is -2.50. The van der Waals surface area contributed by atoms with Crippen molar-refractivity contribution in [3.8, 4) is 5.75 Å². The second-order valence-electron chi connectivity index (χ2n) is 6.78. The molecule has 2 N–H and O–H groups in total. The van der Waals surface area contributed by atoms with Gasteiger partial charge in [0, 0.05) is 38.4 Å². The molecule has 32 heavy (non-hydrogen) atoms. The van der Waals surface area contributed by atoms with Crippen molar-refractivity contribution in [2.75, 3.05) is 38.0 Å². The van der Waals surface area contributed by atoms with Crippen LogP contribution in [0.5, 0.6) is 5.75 Å². The van der Waals surface area contributed by atoms with Crippen LogP contribution in [0.2, 0.25) is 0 Å². The molecule has 1 aliphatic rings. The molecule has 1 unspecified atom stereocenters. The van der Waals surface area contributed by atoms with Crippen molar-refractivity contribution >= 4 is 28.8 Å². The van der Waals surface area contributed by atoms with Gasteiger partial charge in [0.2, 0.25) is 0 Å². The van der Waals surface area contributed by atoms with Crippen molar-refractivity contribution in [3.63, 3.8) is 0 Å². The fourth-order valence-corrected chi connectivity index (χ4v) is 3.49. The molecule has 0 radical (unpaired) electrons. The summed E-state index contributed by atoms with van der Waals surface area (Å²) < 4.78 is 65.3. The van der Waals surface area contributed by atoms with Gasteiger partial charge in [0.1, 0.15) is 11.4 Å². The number of amides is 2. The molecule has 2 heterocycles. The molecule has 1 aromatic heterocycles. The average molecular weight is 472 g/mol. The average Bonchev–Trinajstić information content (AvgIpc) is 2.77. The monoisotopic (exact) mass is 472 g/mol. The number of benzene rings is 1. The highest BCUT2D eigenvalue weighted by molar-refractivity contribution is 7.80. The van der Waals surface area contributed by atoms with Crippen molar-refractivity contribution in [1.82, 2.24) is 14.8 Å². The lowest BCUT2D eigenvalue weighted by Gasteiger charge is -2.34. The summed E-state index contributed by atoms with van der Waals surface area (Å²) in [4.78, 5) is 32.0. The summed E-state index contributed by atoms with van der Waals surface area (Å²) in [6.07, 6.45) is -3.92. The number of carbonyl (C=O) groups excluding carboxylic acids is 2. The summed E-state index contributed by atoms with van der Waals surface area (Å²) in [6.45, 7) is 0.765. The molecule has 0 saturated carbocycles. The molecule has 2 amide bonds. The largest absolute Gasteiger partial charge is 0.496 e. The van der Waals surface area contributed by atoms with E-state index in [0.717, 1.165) is 12.1 Å². The molecule has 0 bridgehead atoms. The number of carbonyl (C=O) groups is 2. The molecule has 1 atom stereocenters. The summed E-state index contributed by atoms with van der Waals surface area (Å²) in [5.41, 5.74) is -0.515. The van der Waals surface area contributed by atoms with E-state index in [1.165, 1.54) is 35.1 Å². The third-order valence-electron chi connectivity index (χ3n) is 4.80. The number of methoxy groups -OCH3 is 1. The minimum absolute atomic E-state index is 0.108. The first kappa shape index (κ1) is 23.5. The molecular weight excluding hydrogens is 453 g/mol. The van der Waals surface area contributed by atoms with Gasteiger partial charge in [0.05, 0.1) is 23.9 Å². The fourth-order valence-electron chi connectivity index (χ4n) is 3.17. The molecule has 172 valence electrons. The first-order chi connectivity index (χ1) is 15.1. The molecule has 1 aliphatic heterocycles. The van der Waals surface area contributed by atoms with Crippen molar-refractivity contribution in [3.05, 3.63) is 53.3 Å². The fraction of sp³-hybridized carbons (Fsp3) is 0.316. The Kier molecular flexibility index (Phi) is 6.99. The van der Waals surface area contributed by atoms with Gasteiger partial charge in [-0.3, -0.25) is 23.8 Å². The van der Waals surface area contributed by atoms with Gasteiger partial charge in [0.25, 0.3) is 23.1 Å². The molecule has 0 spiro atoms. The first-order valence-electron chi connectivity index (χ1n) is 9.27. The lowest BCUT2D eigenvalue weighted by atomic mass is 10.1. The Hall–Kier alpha value is -3.19. The van der Waals surface area contributed by atoms with Crippen LogP contribution >= 0.6 is 0 Å². The topological polar surface area (TPSA) is 112 Å². The lowest BCUT2D eigenvalue weighted by molar-refractivity contribution is -0.137. The zero-order valence-electron chi connectivity index (χ0n) is 16.8. The van der Waals surface area contributed by atoms with E-state index in [0.29, 0.717) is 11.9 Å². The third kappa shape index (κ3) is 5.34. The van der Waals surface area contributed by atoms with Crippen LogP contribution in [0.4, 0.5) is 18.9 Å². The quantitative estimate of drug-likeness (QED) is 0.646. The normalized spacial score (nSPS) is 15.3. The minimum Gasteiger partial charge on any atom is -0.496 e. The molecule has 13 heteroatoms. The van der Waals surface area contributed by atoms with Gasteiger partial charge in [-0.15, -0.1) is 0 Å². The van der Waals surface area contributed by atoms with Crippen molar-refractivity contribution < 1.29 is 36.3 Å². The van der Waals surface area contributed by atoms with Crippen molar-refractivity contribution in [1.29, 1.82) is 0 Å². The van der Waals surface area contributed by atoms with Crippen LogP contribution in [0, 0.1) is 0 Å². The predicted octanol–water partition coefficient (Wildman–Crippen LogP) is 2.26. The zero-order valence-corrected chi connectivity index (χ0v) is 17.6. The highest BCUT2D eigenvalue weighted by Gasteiger charge is 2.32. The second-order valence-corrected chi connectivity index (χ2v) is 7.48. The summed E-state index contributed by atoms with van der Waals surface area (Å²) in [5, 5.41) is 0. The van der Waals surface area contributed by atoms with Gasteiger partial charge in [-0.25, -0.2) is 4.21 Å². The minimum atomic E-state index is -4.54. The van der Waals surface area contributed by atoms with Crippen LogP contribution < -0.4 is 9.46 Å². The molecular formula is C19H19F3N4O5S. The molecule has 1 aromatic carbocycles. The number of nitrogens with one attached hydrogen (secondary N) is 1. The number of alkyl halides is 3. The first-order valence-corrected chi connectivity index (χ1v) is 10.4. The van der Waals surface area contributed by atoms with E-state index < -0.39 is 28.9 Å². The van der Waals surface area contributed by atoms with E-state index >= 15 is 0 Å². The Bertz CT molecular complexity index is 1020. The highest BCUT2D eigenvalue weighted by atomic mass is 32.2. The smallest absolute Gasteiger partial charge is 0.417 e. The van der Waals surface area contributed by atoms with Gasteiger partial charge in [-0.05, 0) is 24.3 Å². The molecule has 3 rings (SSSR count). The molecule has 1 saturated heterocycles. The number of halogens is 3. The third-order valence-corrected chi connectivity index (χ3v) is 5.21. The van der Waals surface area contributed by atoms with Crippen molar-refractivity contribution in [2.24, 2.45) is 0 Å². The number of hydrogen-bond acceptors (Lipinski definition) is 5. The van der Waals surface area contributed by atoms with Crippen molar-refractivity contribution in [2.45, 2.75) is 6.18 Å². The van der Waals surface area contributed by atoms with Gasteiger partial charge in [0.15, 0.2) is 0 Å². The van der Waals surface area contributed by atoms with E-state index in [4.69, 9.17) is 9.29 Å². The van der Waals surface area contributed by atoms with Crippen LogP contribution in [0.3, 0.4) is 0 Å². The summed E-state index contributed by atoms with van der Waals surface area (Å²) >= 11 is -2.28. The van der Waals surface area contributed by atoms with E-state index in [-0.39, 0.29) is 49.1 Å². The Balaban J connectivity index is 1.64. The maximum Gasteiger partial charge on any atom is 0.417 e. The van der Waals surface area contributed by atoms with E-state index in [1.807, 2.05) is 0 Å². The summed E-state index contributed by atoms with van der Waals surface area (Å²) in [6, 6.07) is 6.16. The summed E-state index contributed by atoms with van der Waals surface area (Å²) in [7, 11) is 1.36. The number of rotatable bonds is 5. The van der Waals surface area contributed by atoms with Gasteiger partial charge in [-0.1, -0.05) is 0 Å². The second kappa shape index (κ2) is 9.53. The van der Waals surface area contributed by atoms with Crippen LogP contribution in [0.15, 0.2) is 36.5 Å². The van der Waals surface area contributed by atoms with Gasteiger partial charge >= 0.3 is 6.18 Å². The SMILES string of the molecule is COc1cc(NS(=O)O)ccc1C(=O)N1CCN(C(=O)c2ccc(C(F)(F)F)cn2)CC1. The molecule has 9 nitrogen and oxygen atoms in total. The Morgan fingerprint density at radius 1 is 1.09 bits per heavy atom. The Labute approximate surface area is 183 Å². The van der Waals surface area contributed by atoms with Crippen LogP contribution in [-0.4, -0.2) is 68.6 Å². The van der Waals surface area contributed by atoms with Gasteiger partial charge < -0.3 is 14.5 Å². The Morgan fingerprint density at radius 2 is 1.72 bits per heavy atom. The molecule has 2 aromatic rings. The number of pyridine rings is 1. The van der Waals surface area contributed by atoms with Gasteiger partial charge in [-0.2, -0.15) is 13.2 Å². The zero-order chi connectivity index (χ0) is 23.5. The maximum atomic E-state index is 12.9. The Morgan fingerprint density at radius 3 is 2.22 bits per heavy atom. The highest BCUT2D eigenvalue weighted by Crippen LogP contribution is 2.29. The molecule has 1 fully saturated rings. The van der Waals surface area contributed by atoms with E-state index in [1.54, 1.807) is 0 Å². The van der Waals surface area contributed by atoms with Crippen LogP contribution in [0.1, 0.15) is 26.4 Å². The van der Waals surface area contributed by atoms with E-state index in [2.05, 4.69) is 9.71 Å². The van der Waals surface area contributed by atoms with Crippen LogP contribution in [-0.2, 0) is 17.4 Å². The summed E-state index contributed by atoms with van der Waals surface area (Å²) in [5.74, 6) is -0.660. The number of anilines is 1. The number of piperazine rings is 1. The number of nitrogens with zero attached hydrogens (tertiary/aromatic N) is 3. The maximum absolute atomic E-state index is 12.9. The number of hydrogen-bond donors (Lipinski definition) is 2. The predicted molar refractivity (Wildman–Crippen MR) is 108 cm³/mol. The van der Waals surface area contributed by atoms with Crippen LogP contribution in [0.25, 0.3) is 0 Å². The van der Waals surface area contributed by atoms with E-state index in [9.17, 15) is 27.0 Å². The number of aromatic nitrogens is 1.